The molecule has 20 heavy (non-hydrogen) atoms. The van der Waals surface area contributed by atoms with Crippen LogP contribution in [0.2, 0.25) is 0 Å². The first-order chi connectivity index (χ1) is 9.68. The second-order valence-electron chi connectivity index (χ2n) is 5.25. The fraction of sp³-hybridized carbons (Fsp3) is 0.471. The average Bonchev–Trinajstić information content (AvgIpc) is 2.80. The van der Waals surface area contributed by atoms with Crippen molar-refractivity contribution in [2.24, 2.45) is 0 Å². The standard InChI is InChI=1S/C13H15N.C4H8O2/c1-2-4-12-11(3-1)5-6-13(12)7-9-14-10-8-13;1-3-6-4(2)5/h1-6,14H,7-10H2;3H2,1-2H3. The van der Waals surface area contributed by atoms with Gasteiger partial charge in [-0.15, -0.1) is 0 Å². The Hall–Kier alpha value is -1.61. The largest absolute Gasteiger partial charge is 0.466 e. The summed E-state index contributed by atoms with van der Waals surface area (Å²) in [4.78, 5) is 9.82. The summed E-state index contributed by atoms with van der Waals surface area (Å²) in [5, 5.41) is 3.43. The van der Waals surface area contributed by atoms with Crippen molar-refractivity contribution in [2.75, 3.05) is 19.7 Å². The highest BCUT2D eigenvalue weighted by atomic mass is 16.5. The summed E-state index contributed by atoms with van der Waals surface area (Å²) in [7, 11) is 0. The van der Waals surface area contributed by atoms with Crippen LogP contribution in [0.1, 0.15) is 37.8 Å². The lowest BCUT2D eigenvalue weighted by atomic mass is 9.75. The zero-order valence-electron chi connectivity index (χ0n) is 12.3. The van der Waals surface area contributed by atoms with Crippen LogP contribution in [0.3, 0.4) is 0 Å². The highest BCUT2D eigenvalue weighted by Crippen LogP contribution is 2.41. The van der Waals surface area contributed by atoms with E-state index in [9.17, 15) is 4.79 Å². The van der Waals surface area contributed by atoms with Crippen LogP contribution in [0, 0.1) is 0 Å². The molecule has 1 fully saturated rings. The lowest BCUT2D eigenvalue weighted by molar-refractivity contribution is -0.140. The maximum atomic E-state index is 9.82. The van der Waals surface area contributed by atoms with E-state index in [1.165, 1.54) is 25.3 Å². The molecule has 3 rings (SSSR count). The Labute approximate surface area is 121 Å². The number of allylic oxidation sites excluding steroid dienone is 1. The molecule has 108 valence electrons. The molecule has 0 bridgehead atoms. The van der Waals surface area contributed by atoms with E-state index in [0.717, 1.165) is 13.1 Å². The fourth-order valence-corrected chi connectivity index (χ4v) is 2.95. The fourth-order valence-electron chi connectivity index (χ4n) is 2.95. The third-order valence-electron chi connectivity index (χ3n) is 3.92. The Morgan fingerprint density at radius 1 is 1.30 bits per heavy atom. The first kappa shape index (κ1) is 14.8. The Morgan fingerprint density at radius 3 is 2.60 bits per heavy atom. The van der Waals surface area contributed by atoms with Gasteiger partial charge in [-0.2, -0.15) is 0 Å². The molecule has 0 aromatic heterocycles. The van der Waals surface area contributed by atoms with E-state index in [1.807, 2.05) is 0 Å². The van der Waals surface area contributed by atoms with Crippen molar-refractivity contribution in [3.05, 3.63) is 41.5 Å². The minimum Gasteiger partial charge on any atom is -0.466 e. The van der Waals surface area contributed by atoms with Crippen molar-refractivity contribution in [1.29, 1.82) is 0 Å². The molecule has 1 spiro atoms. The van der Waals surface area contributed by atoms with Crippen LogP contribution in [0.15, 0.2) is 30.3 Å². The van der Waals surface area contributed by atoms with Crippen molar-refractivity contribution in [3.63, 3.8) is 0 Å². The molecule has 0 radical (unpaired) electrons. The van der Waals surface area contributed by atoms with Crippen LogP contribution in [-0.2, 0) is 14.9 Å². The minimum atomic E-state index is -0.211. The van der Waals surface area contributed by atoms with Gasteiger partial charge >= 0.3 is 5.97 Å². The predicted molar refractivity (Wildman–Crippen MR) is 81.6 cm³/mol. The molecular weight excluding hydrogens is 250 g/mol. The molecular formula is C17H23NO2. The van der Waals surface area contributed by atoms with Crippen LogP contribution in [-0.4, -0.2) is 25.7 Å². The number of hydrogen-bond donors (Lipinski definition) is 1. The molecule has 1 heterocycles. The number of nitrogens with one attached hydrogen (secondary N) is 1. The van der Waals surface area contributed by atoms with Crippen LogP contribution in [0.4, 0.5) is 0 Å². The van der Waals surface area contributed by atoms with Gasteiger partial charge in [0.2, 0.25) is 0 Å². The molecule has 1 N–H and O–H groups in total. The summed E-state index contributed by atoms with van der Waals surface area (Å²) in [5.74, 6) is -0.211. The summed E-state index contributed by atoms with van der Waals surface area (Å²) >= 11 is 0. The van der Waals surface area contributed by atoms with E-state index in [0.29, 0.717) is 12.0 Å². The maximum Gasteiger partial charge on any atom is 0.302 e. The SMILES string of the molecule is C1=CC2(CCNCC2)c2ccccc21.CCOC(C)=O. The quantitative estimate of drug-likeness (QED) is 0.800. The van der Waals surface area contributed by atoms with Crippen molar-refractivity contribution in [1.82, 2.24) is 5.32 Å². The molecule has 1 saturated heterocycles. The average molecular weight is 273 g/mol. The first-order valence-corrected chi connectivity index (χ1v) is 7.31. The number of esters is 1. The van der Waals surface area contributed by atoms with Crippen molar-refractivity contribution < 1.29 is 9.53 Å². The second kappa shape index (κ2) is 6.71. The Bertz CT molecular complexity index is 488. The zero-order chi connectivity index (χ0) is 14.4. The van der Waals surface area contributed by atoms with Crippen molar-refractivity contribution in [3.8, 4) is 0 Å². The van der Waals surface area contributed by atoms with Crippen molar-refractivity contribution in [2.45, 2.75) is 32.1 Å². The van der Waals surface area contributed by atoms with E-state index in [1.54, 1.807) is 12.5 Å². The Morgan fingerprint density at radius 2 is 2.00 bits per heavy atom. The predicted octanol–water partition coefficient (Wildman–Crippen LogP) is 2.90. The van der Waals surface area contributed by atoms with E-state index >= 15 is 0 Å². The molecule has 2 aliphatic rings. The third-order valence-corrected chi connectivity index (χ3v) is 3.92. The number of hydrogen-bond acceptors (Lipinski definition) is 3. The number of carbonyl (C=O) groups is 1. The molecule has 0 amide bonds. The highest BCUT2D eigenvalue weighted by molar-refractivity contribution is 5.66. The van der Waals surface area contributed by atoms with Gasteiger partial charge in [-0.25, -0.2) is 0 Å². The summed E-state index contributed by atoms with van der Waals surface area (Å²) < 4.78 is 4.40. The minimum absolute atomic E-state index is 0.211. The number of carbonyl (C=O) groups excluding carboxylic acids is 1. The third kappa shape index (κ3) is 3.28. The van der Waals surface area contributed by atoms with E-state index in [4.69, 9.17) is 0 Å². The summed E-state index contributed by atoms with van der Waals surface area (Å²) in [6.07, 6.45) is 7.21. The van der Waals surface area contributed by atoms with Crippen LogP contribution in [0.5, 0.6) is 0 Å². The molecule has 1 aliphatic heterocycles. The monoisotopic (exact) mass is 273 g/mol. The van der Waals surface area contributed by atoms with Gasteiger partial charge in [0.25, 0.3) is 0 Å². The van der Waals surface area contributed by atoms with Gasteiger partial charge in [0.1, 0.15) is 0 Å². The highest BCUT2D eigenvalue weighted by Gasteiger charge is 2.35. The summed E-state index contributed by atoms with van der Waals surface area (Å²) in [6, 6.07) is 8.81. The van der Waals surface area contributed by atoms with E-state index < -0.39 is 0 Å². The number of piperidine rings is 1. The van der Waals surface area contributed by atoms with E-state index in [-0.39, 0.29) is 5.97 Å². The lowest BCUT2D eigenvalue weighted by Crippen LogP contribution is -2.37. The van der Waals surface area contributed by atoms with Crippen LogP contribution >= 0.6 is 0 Å². The van der Waals surface area contributed by atoms with Gasteiger partial charge in [-0.1, -0.05) is 36.4 Å². The normalized spacial score (nSPS) is 18.1. The van der Waals surface area contributed by atoms with Crippen molar-refractivity contribution >= 4 is 12.0 Å². The van der Waals surface area contributed by atoms with Gasteiger partial charge in [0, 0.05) is 12.3 Å². The van der Waals surface area contributed by atoms with Gasteiger partial charge < -0.3 is 10.1 Å². The Balaban J connectivity index is 0.000000212. The van der Waals surface area contributed by atoms with Gasteiger partial charge in [-0.05, 0) is 44.0 Å². The Kier molecular flexibility index (Phi) is 4.96. The molecule has 1 aromatic carbocycles. The smallest absolute Gasteiger partial charge is 0.302 e. The summed E-state index contributed by atoms with van der Waals surface area (Å²) in [6.45, 7) is 5.96. The number of rotatable bonds is 1. The second-order valence-corrected chi connectivity index (χ2v) is 5.25. The molecule has 3 heteroatoms. The number of ether oxygens (including phenoxy) is 1. The lowest BCUT2D eigenvalue weighted by Gasteiger charge is -2.33. The van der Waals surface area contributed by atoms with Gasteiger partial charge in [0.15, 0.2) is 0 Å². The van der Waals surface area contributed by atoms with E-state index in [2.05, 4.69) is 46.5 Å². The maximum absolute atomic E-state index is 9.82. The van der Waals surface area contributed by atoms with Gasteiger partial charge in [0.05, 0.1) is 6.61 Å². The zero-order valence-corrected chi connectivity index (χ0v) is 12.3. The van der Waals surface area contributed by atoms with Crippen LogP contribution in [0.25, 0.3) is 6.08 Å². The van der Waals surface area contributed by atoms with Gasteiger partial charge in [-0.3, -0.25) is 4.79 Å². The number of fused-ring (bicyclic) bond motifs is 2. The summed E-state index contributed by atoms with van der Waals surface area (Å²) in [5.41, 5.74) is 3.33. The molecule has 0 atom stereocenters. The molecule has 1 aromatic rings. The van der Waals surface area contributed by atoms with Crippen LogP contribution < -0.4 is 5.32 Å². The molecule has 3 nitrogen and oxygen atoms in total. The molecule has 1 aliphatic carbocycles. The first-order valence-electron chi connectivity index (χ1n) is 7.31. The number of benzene rings is 1. The molecule has 0 unspecified atom stereocenters. The molecule has 0 saturated carbocycles. The topological polar surface area (TPSA) is 38.3 Å².